The third kappa shape index (κ3) is 5.81. The number of hydrogen-bond donors (Lipinski definition) is 2. The van der Waals surface area contributed by atoms with E-state index in [1.165, 1.54) is 31.4 Å². The minimum atomic E-state index is -4.29. The molecule has 0 saturated heterocycles. The van der Waals surface area contributed by atoms with Gasteiger partial charge in [-0.05, 0) is 54.4 Å². The maximum Gasteiger partial charge on any atom is 0.434 e. The van der Waals surface area contributed by atoms with Crippen LogP contribution >= 0.6 is 11.6 Å². The predicted molar refractivity (Wildman–Crippen MR) is 140 cm³/mol. The van der Waals surface area contributed by atoms with Crippen LogP contribution < -0.4 is 15.2 Å². The molecule has 0 radical (unpaired) electrons. The van der Waals surface area contributed by atoms with Crippen molar-refractivity contribution in [3.8, 4) is 17.6 Å². The third-order valence-corrected chi connectivity index (χ3v) is 7.67. The average Bonchev–Trinajstić information content (AvgIpc) is 3.33. The zero-order valence-corrected chi connectivity index (χ0v) is 22.2. The molecule has 0 aliphatic heterocycles. The molecule has 1 aromatic heterocycles. The molecule has 11 heteroatoms. The number of sulfonamides is 1. The number of rotatable bonds is 7. The molecule has 0 bridgehead atoms. The Morgan fingerprint density at radius 3 is 2.53 bits per heavy atom. The van der Waals surface area contributed by atoms with Gasteiger partial charge in [-0.15, -0.1) is 5.10 Å². The lowest BCUT2D eigenvalue weighted by molar-refractivity contribution is 0.374. The molecule has 1 heterocycles. The highest BCUT2D eigenvalue weighted by Gasteiger charge is 2.34. The number of halogens is 2. The molecule has 0 aliphatic rings. The highest BCUT2D eigenvalue weighted by Crippen LogP contribution is 2.36. The van der Waals surface area contributed by atoms with Gasteiger partial charge in [-0.1, -0.05) is 48.6 Å². The van der Waals surface area contributed by atoms with Crippen LogP contribution in [-0.2, 0) is 10.0 Å². The van der Waals surface area contributed by atoms with Crippen LogP contribution in [0.3, 0.4) is 0 Å². The van der Waals surface area contributed by atoms with Gasteiger partial charge >= 0.3 is 5.76 Å². The van der Waals surface area contributed by atoms with Crippen molar-refractivity contribution in [3.63, 3.8) is 0 Å². The summed E-state index contributed by atoms with van der Waals surface area (Å²) >= 11 is 5.98. The SMILES string of the molecule is COc1cc(Cl)ccc1S(=O)(=O)NC(c1n[nH]c(=O)o1)C(C)c1c(F)ccc(C#Cc2ccccc2)c1C. The Kier molecular flexibility index (Phi) is 8.02. The van der Waals surface area contributed by atoms with Crippen LogP contribution in [0.4, 0.5) is 4.39 Å². The normalized spacial score (nSPS) is 12.9. The first-order valence-electron chi connectivity index (χ1n) is 11.4. The number of benzene rings is 3. The molecule has 2 N–H and O–H groups in total. The van der Waals surface area contributed by atoms with Gasteiger partial charge in [0.2, 0.25) is 15.9 Å². The van der Waals surface area contributed by atoms with Crippen LogP contribution in [0.1, 0.15) is 47.0 Å². The molecule has 38 heavy (non-hydrogen) atoms. The Bertz CT molecular complexity index is 1690. The van der Waals surface area contributed by atoms with Crippen molar-refractivity contribution in [3.05, 3.63) is 110 Å². The number of nitrogens with zero attached hydrogens (tertiary/aromatic N) is 1. The fraction of sp³-hybridized carbons (Fsp3) is 0.185. The van der Waals surface area contributed by atoms with Crippen LogP contribution in [0.2, 0.25) is 5.02 Å². The Labute approximate surface area is 223 Å². The van der Waals surface area contributed by atoms with Gasteiger partial charge in [0.05, 0.1) is 7.11 Å². The van der Waals surface area contributed by atoms with E-state index in [0.29, 0.717) is 11.1 Å². The van der Waals surface area contributed by atoms with Crippen LogP contribution in [0, 0.1) is 24.6 Å². The molecule has 0 aliphatic carbocycles. The van der Waals surface area contributed by atoms with Gasteiger partial charge in [0, 0.05) is 28.1 Å². The molecule has 4 rings (SSSR count). The summed E-state index contributed by atoms with van der Waals surface area (Å²) in [4.78, 5) is 11.5. The van der Waals surface area contributed by atoms with Crippen LogP contribution in [0.5, 0.6) is 5.75 Å². The number of hydrogen-bond acceptors (Lipinski definition) is 6. The van der Waals surface area contributed by atoms with Crippen LogP contribution in [0.25, 0.3) is 0 Å². The Balaban J connectivity index is 1.78. The van der Waals surface area contributed by atoms with Crippen molar-refractivity contribution < 1.29 is 22.0 Å². The van der Waals surface area contributed by atoms with Crippen molar-refractivity contribution in [1.82, 2.24) is 14.9 Å². The summed E-state index contributed by atoms with van der Waals surface area (Å²) in [6.45, 7) is 3.29. The lowest BCUT2D eigenvalue weighted by Gasteiger charge is -2.25. The van der Waals surface area contributed by atoms with Crippen LogP contribution in [0.15, 0.2) is 74.8 Å². The number of nitrogens with one attached hydrogen (secondary N) is 2. The molecule has 0 fully saturated rings. The fourth-order valence-corrected chi connectivity index (χ4v) is 5.63. The standard InChI is InChI=1S/C27H23ClFN3O5S/c1-16-19(10-9-18-7-5-4-6-8-18)11-13-21(29)24(16)17(2)25(26-30-31-27(33)37-26)32-38(34,35)23-14-12-20(28)15-22(23)36-3/h4-8,11-15,17,25,32H,1-3H3,(H,31,33). The number of aromatic amines is 1. The number of H-pyrrole nitrogens is 1. The first-order valence-corrected chi connectivity index (χ1v) is 13.2. The van der Waals surface area contributed by atoms with Crippen molar-refractivity contribution in [2.45, 2.75) is 30.7 Å². The highest BCUT2D eigenvalue weighted by atomic mass is 35.5. The fourth-order valence-electron chi connectivity index (χ4n) is 4.05. The lowest BCUT2D eigenvalue weighted by Crippen LogP contribution is -2.33. The van der Waals surface area contributed by atoms with E-state index in [1.807, 2.05) is 30.3 Å². The van der Waals surface area contributed by atoms with E-state index in [9.17, 15) is 13.2 Å². The smallest absolute Gasteiger partial charge is 0.434 e. The molecule has 2 unspecified atom stereocenters. The summed E-state index contributed by atoms with van der Waals surface area (Å²) in [5.41, 5.74) is 2.03. The number of ether oxygens (including phenoxy) is 1. The molecular formula is C27H23ClFN3O5S. The second-order valence-electron chi connectivity index (χ2n) is 8.38. The molecule has 196 valence electrons. The predicted octanol–water partition coefficient (Wildman–Crippen LogP) is 4.70. The van der Waals surface area contributed by atoms with Gasteiger partial charge in [0.25, 0.3) is 0 Å². The van der Waals surface area contributed by atoms with E-state index < -0.39 is 33.6 Å². The second-order valence-corrected chi connectivity index (χ2v) is 10.5. The van der Waals surface area contributed by atoms with Crippen molar-refractivity contribution >= 4 is 21.6 Å². The quantitative estimate of drug-likeness (QED) is 0.320. The topological polar surface area (TPSA) is 114 Å². The summed E-state index contributed by atoms with van der Waals surface area (Å²) in [5.74, 6) is 3.48. The average molecular weight is 556 g/mol. The molecule has 4 aromatic rings. The van der Waals surface area contributed by atoms with Gasteiger partial charge < -0.3 is 9.15 Å². The largest absolute Gasteiger partial charge is 0.495 e. The van der Waals surface area contributed by atoms with E-state index in [-0.39, 0.29) is 27.1 Å². The van der Waals surface area contributed by atoms with Crippen molar-refractivity contribution in [2.75, 3.05) is 7.11 Å². The minimum absolute atomic E-state index is 0.000397. The molecular weight excluding hydrogens is 533 g/mol. The minimum Gasteiger partial charge on any atom is -0.495 e. The molecule has 0 amide bonds. The van der Waals surface area contributed by atoms with E-state index in [1.54, 1.807) is 19.9 Å². The molecule has 0 spiro atoms. The maximum atomic E-state index is 15.3. The van der Waals surface area contributed by atoms with Gasteiger partial charge in [0.1, 0.15) is 22.5 Å². The Morgan fingerprint density at radius 1 is 1.13 bits per heavy atom. The lowest BCUT2D eigenvalue weighted by atomic mass is 9.88. The van der Waals surface area contributed by atoms with E-state index in [2.05, 4.69) is 26.8 Å². The number of aromatic nitrogens is 2. The van der Waals surface area contributed by atoms with E-state index >= 15 is 4.39 Å². The molecule has 2 atom stereocenters. The second kappa shape index (κ2) is 11.2. The summed E-state index contributed by atoms with van der Waals surface area (Å²) in [6, 6.07) is 14.9. The van der Waals surface area contributed by atoms with Gasteiger partial charge in [-0.3, -0.25) is 0 Å². The highest BCUT2D eigenvalue weighted by molar-refractivity contribution is 7.89. The summed E-state index contributed by atoms with van der Waals surface area (Å²) in [7, 11) is -2.99. The zero-order chi connectivity index (χ0) is 27.4. The maximum absolute atomic E-state index is 15.3. The summed E-state index contributed by atoms with van der Waals surface area (Å²) in [5, 5.41) is 6.22. The summed E-state index contributed by atoms with van der Waals surface area (Å²) in [6.07, 6.45) is 0. The van der Waals surface area contributed by atoms with Crippen molar-refractivity contribution in [1.29, 1.82) is 0 Å². The third-order valence-electron chi connectivity index (χ3n) is 5.95. The monoisotopic (exact) mass is 555 g/mol. The summed E-state index contributed by atoms with van der Waals surface area (Å²) < 4.78 is 54.9. The zero-order valence-electron chi connectivity index (χ0n) is 20.6. The van der Waals surface area contributed by atoms with Crippen molar-refractivity contribution in [2.24, 2.45) is 0 Å². The van der Waals surface area contributed by atoms with Crippen LogP contribution in [-0.4, -0.2) is 25.7 Å². The molecule has 3 aromatic carbocycles. The van der Waals surface area contributed by atoms with Gasteiger partial charge in [-0.25, -0.2) is 22.7 Å². The first kappa shape index (κ1) is 27.1. The Hall–Kier alpha value is -3.91. The molecule has 0 saturated carbocycles. The van der Waals surface area contributed by atoms with E-state index in [4.69, 9.17) is 20.8 Å². The van der Waals surface area contributed by atoms with Gasteiger partial charge in [0.15, 0.2) is 0 Å². The van der Waals surface area contributed by atoms with E-state index in [0.717, 1.165) is 5.56 Å². The number of methoxy groups -OCH3 is 1. The first-order chi connectivity index (χ1) is 18.1. The Morgan fingerprint density at radius 2 is 1.87 bits per heavy atom. The van der Waals surface area contributed by atoms with Gasteiger partial charge in [-0.2, -0.15) is 4.72 Å². The molecule has 8 nitrogen and oxygen atoms in total.